The standard InChI is InChI=1S/C12H13ClN2O2/c1-12(2,3)17-11(16)8(7-14)9-5-4-6-10(13)15-9/h4-6,8H,1-3H3/t8-/m1/s1. The van der Waals surface area contributed by atoms with Gasteiger partial charge in [-0.2, -0.15) is 5.26 Å². The van der Waals surface area contributed by atoms with Crippen LogP contribution in [0.5, 0.6) is 0 Å². The van der Waals surface area contributed by atoms with Crippen LogP contribution in [0.2, 0.25) is 5.15 Å². The van der Waals surface area contributed by atoms with Crippen LogP contribution in [-0.4, -0.2) is 16.6 Å². The third kappa shape index (κ3) is 4.04. The third-order valence-electron chi connectivity index (χ3n) is 1.80. The SMILES string of the molecule is CC(C)(C)OC(=O)[C@H](C#N)c1cccc(Cl)n1. The summed E-state index contributed by atoms with van der Waals surface area (Å²) >= 11 is 5.71. The van der Waals surface area contributed by atoms with Crippen LogP contribution in [0.3, 0.4) is 0 Å². The van der Waals surface area contributed by atoms with E-state index in [2.05, 4.69) is 4.98 Å². The maximum Gasteiger partial charge on any atom is 0.330 e. The quantitative estimate of drug-likeness (QED) is 0.600. The number of hydrogen-bond donors (Lipinski definition) is 0. The lowest BCUT2D eigenvalue weighted by Crippen LogP contribution is -2.27. The van der Waals surface area contributed by atoms with Crippen LogP contribution in [0, 0.1) is 11.3 Å². The molecule has 0 radical (unpaired) electrons. The molecule has 17 heavy (non-hydrogen) atoms. The highest BCUT2D eigenvalue weighted by molar-refractivity contribution is 6.29. The summed E-state index contributed by atoms with van der Waals surface area (Å²) in [6.07, 6.45) is 0. The van der Waals surface area contributed by atoms with Crippen LogP contribution >= 0.6 is 11.6 Å². The third-order valence-corrected chi connectivity index (χ3v) is 2.01. The normalized spacial score (nSPS) is 12.6. The van der Waals surface area contributed by atoms with Crippen molar-refractivity contribution in [2.45, 2.75) is 32.3 Å². The lowest BCUT2D eigenvalue weighted by molar-refractivity contribution is -0.155. The van der Waals surface area contributed by atoms with E-state index >= 15 is 0 Å². The molecule has 90 valence electrons. The Labute approximate surface area is 105 Å². The molecular formula is C12H13ClN2O2. The molecule has 0 aliphatic heterocycles. The number of carbonyl (C=O) groups excluding carboxylic acids is 1. The second kappa shape index (κ2) is 5.15. The van der Waals surface area contributed by atoms with Gasteiger partial charge in [-0.15, -0.1) is 0 Å². The van der Waals surface area contributed by atoms with Crippen molar-refractivity contribution in [1.82, 2.24) is 4.98 Å². The van der Waals surface area contributed by atoms with Crippen LogP contribution < -0.4 is 0 Å². The number of carbonyl (C=O) groups is 1. The van der Waals surface area contributed by atoms with E-state index < -0.39 is 17.5 Å². The molecule has 0 amide bonds. The van der Waals surface area contributed by atoms with Gasteiger partial charge in [0.25, 0.3) is 0 Å². The lowest BCUT2D eigenvalue weighted by atomic mass is 10.1. The van der Waals surface area contributed by atoms with E-state index in [1.54, 1.807) is 39.0 Å². The molecule has 0 aliphatic rings. The average molecular weight is 253 g/mol. The first-order chi connectivity index (χ1) is 7.83. The average Bonchev–Trinajstić information content (AvgIpc) is 2.15. The minimum absolute atomic E-state index is 0.242. The molecule has 0 N–H and O–H groups in total. The van der Waals surface area contributed by atoms with Crippen molar-refractivity contribution in [3.63, 3.8) is 0 Å². The first-order valence-electron chi connectivity index (χ1n) is 5.08. The van der Waals surface area contributed by atoms with Gasteiger partial charge in [0, 0.05) is 0 Å². The number of nitrogens with zero attached hydrogens (tertiary/aromatic N) is 2. The van der Waals surface area contributed by atoms with Crippen molar-refractivity contribution in [2.75, 3.05) is 0 Å². The Morgan fingerprint density at radius 3 is 2.65 bits per heavy atom. The van der Waals surface area contributed by atoms with Crippen molar-refractivity contribution in [3.8, 4) is 6.07 Å². The molecule has 0 saturated heterocycles. The van der Waals surface area contributed by atoms with Gasteiger partial charge in [0.15, 0.2) is 5.92 Å². The van der Waals surface area contributed by atoms with Crippen molar-refractivity contribution in [3.05, 3.63) is 29.0 Å². The molecule has 0 aliphatic carbocycles. The highest BCUT2D eigenvalue weighted by atomic mass is 35.5. The summed E-state index contributed by atoms with van der Waals surface area (Å²) in [6.45, 7) is 5.22. The Balaban J connectivity index is 2.94. The Hall–Kier alpha value is -1.60. The number of halogens is 1. The Kier molecular flexibility index (Phi) is 4.08. The highest BCUT2D eigenvalue weighted by Crippen LogP contribution is 2.19. The van der Waals surface area contributed by atoms with Gasteiger partial charge >= 0.3 is 5.97 Å². The molecule has 1 aromatic rings. The predicted molar refractivity (Wildman–Crippen MR) is 63.4 cm³/mol. The van der Waals surface area contributed by atoms with Crippen LogP contribution in [0.1, 0.15) is 32.4 Å². The zero-order valence-electron chi connectivity index (χ0n) is 9.90. The maximum absolute atomic E-state index is 11.8. The number of pyridine rings is 1. The molecule has 1 heterocycles. The van der Waals surface area contributed by atoms with Gasteiger partial charge in [0.05, 0.1) is 11.8 Å². The second-order valence-electron chi connectivity index (χ2n) is 4.48. The summed E-state index contributed by atoms with van der Waals surface area (Å²) in [5.74, 6) is -1.66. The van der Waals surface area contributed by atoms with Gasteiger partial charge in [-0.3, -0.25) is 4.79 Å². The molecule has 4 nitrogen and oxygen atoms in total. The molecule has 0 unspecified atom stereocenters. The van der Waals surface area contributed by atoms with Crippen molar-refractivity contribution >= 4 is 17.6 Å². The maximum atomic E-state index is 11.8. The van der Waals surface area contributed by atoms with E-state index in [1.807, 2.05) is 6.07 Å². The fraction of sp³-hybridized carbons (Fsp3) is 0.417. The minimum atomic E-state index is -1.05. The lowest BCUT2D eigenvalue weighted by Gasteiger charge is -2.21. The van der Waals surface area contributed by atoms with Gasteiger partial charge < -0.3 is 4.74 Å². The molecule has 0 aromatic carbocycles. The first-order valence-corrected chi connectivity index (χ1v) is 5.46. The number of hydrogen-bond acceptors (Lipinski definition) is 4. The fourth-order valence-corrected chi connectivity index (χ4v) is 1.36. The first kappa shape index (κ1) is 13.5. The topological polar surface area (TPSA) is 63.0 Å². The van der Waals surface area contributed by atoms with Crippen LogP contribution in [0.15, 0.2) is 18.2 Å². The largest absolute Gasteiger partial charge is 0.459 e. The molecule has 0 bridgehead atoms. The zero-order chi connectivity index (χ0) is 13.1. The second-order valence-corrected chi connectivity index (χ2v) is 4.87. The van der Waals surface area contributed by atoms with Crippen molar-refractivity contribution in [2.24, 2.45) is 0 Å². The zero-order valence-corrected chi connectivity index (χ0v) is 10.7. The van der Waals surface area contributed by atoms with Gasteiger partial charge in [0.2, 0.25) is 0 Å². The summed E-state index contributed by atoms with van der Waals surface area (Å²) in [5.41, 5.74) is -0.334. The predicted octanol–water partition coefficient (Wildman–Crippen LogP) is 2.68. The molecule has 0 fully saturated rings. The smallest absolute Gasteiger partial charge is 0.330 e. The minimum Gasteiger partial charge on any atom is -0.459 e. The summed E-state index contributed by atoms with van der Waals surface area (Å²) in [7, 11) is 0. The Morgan fingerprint density at radius 1 is 1.53 bits per heavy atom. The van der Waals surface area contributed by atoms with E-state index in [1.165, 1.54) is 0 Å². The van der Waals surface area contributed by atoms with Gasteiger partial charge in [0.1, 0.15) is 10.8 Å². The summed E-state index contributed by atoms with van der Waals surface area (Å²) in [6, 6.07) is 6.66. The van der Waals surface area contributed by atoms with E-state index in [9.17, 15) is 4.79 Å². The van der Waals surface area contributed by atoms with Crippen LogP contribution in [0.25, 0.3) is 0 Å². The van der Waals surface area contributed by atoms with Gasteiger partial charge in [-0.25, -0.2) is 4.98 Å². The Bertz CT molecular complexity index is 460. The monoisotopic (exact) mass is 252 g/mol. The molecule has 0 spiro atoms. The van der Waals surface area contributed by atoms with Crippen molar-refractivity contribution in [1.29, 1.82) is 5.26 Å². The van der Waals surface area contributed by atoms with E-state index in [0.717, 1.165) is 0 Å². The van der Waals surface area contributed by atoms with E-state index in [-0.39, 0.29) is 5.15 Å². The molecule has 0 saturated carbocycles. The van der Waals surface area contributed by atoms with Crippen molar-refractivity contribution < 1.29 is 9.53 Å². The number of rotatable bonds is 2. The summed E-state index contributed by atoms with van der Waals surface area (Å²) in [4.78, 5) is 15.7. The summed E-state index contributed by atoms with van der Waals surface area (Å²) < 4.78 is 5.14. The summed E-state index contributed by atoms with van der Waals surface area (Å²) in [5, 5.41) is 9.25. The van der Waals surface area contributed by atoms with Gasteiger partial charge in [-0.1, -0.05) is 17.7 Å². The van der Waals surface area contributed by atoms with Gasteiger partial charge in [-0.05, 0) is 32.9 Å². The number of esters is 1. The molecule has 5 heteroatoms. The molecule has 1 atom stereocenters. The Morgan fingerprint density at radius 2 is 2.18 bits per heavy atom. The van der Waals surface area contributed by atoms with Crippen LogP contribution in [0.4, 0.5) is 0 Å². The number of aromatic nitrogens is 1. The molecular weight excluding hydrogens is 240 g/mol. The van der Waals surface area contributed by atoms with Crippen LogP contribution in [-0.2, 0) is 9.53 Å². The number of ether oxygens (including phenoxy) is 1. The highest BCUT2D eigenvalue weighted by Gasteiger charge is 2.27. The number of nitriles is 1. The fourth-order valence-electron chi connectivity index (χ4n) is 1.19. The molecule has 1 rings (SSSR count). The van der Waals surface area contributed by atoms with E-state index in [0.29, 0.717) is 5.69 Å². The van der Waals surface area contributed by atoms with E-state index in [4.69, 9.17) is 21.6 Å². The molecule has 1 aromatic heterocycles.